The SMILES string of the molecule is CC(=O)N1CC(NC(=O)Cc2c(CO)c(Cl)nn(C)c2=O)(C(F)F)C1. The zero-order valence-corrected chi connectivity index (χ0v) is 14.3. The highest BCUT2D eigenvalue weighted by Gasteiger charge is 2.52. The molecule has 8 nitrogen and oxygen atoms in total. The van der Waals surface area contributed by atoms with E-state index >= 15 is 0 Å². The standard InChI is InChI=1S/C14H17ClF2N4O4/c1-7(23)21-5-14(6-21,13(16)17)18-10(24)3-8-9(4-22)11(15)19-20(2)12(8)25/h13,22H,3-6H2,1-2H3,(H,18,24). The maximum Gasteiger partial charge on any atom is 0.270 e. The van der Waals surface area contributed by atoms with Gasteiger partial charge in [-0.15, -0.1) is 0 Å². The van der Waals surface area contributed by atoms with Crippen LogP contribution < -0.4 is 10.9 Å². The number of amides is 2. The second-order valence-electron chi connectivity index (χ2n) is 5.89. The van der Waals surface area contributed by atoms with E-state index in [2.05, 4.69) is 10.4 Å². The van der Waals surface area contributed by atoms with E-state index in [9.17, 15) is 28.3 Å². The Bertz CT molecular complexity index is 762. The fourth-order valence-corrected chi connectivity index (χ4v) is 2.93. The zero-order valence-electron chi connectivity index (χ0n) is 13.6. The van der Waals surface area contributed by atoms with Crippen molar-refractivity contribution in [1.29, 1.82) is 0 Å². The Morgan fingerprint density at radius 2 is 2.00 bits per heavy atom. The van der Waals surface area contributed by atoms with E-state index in [1.807, 2.05) is 0 Å². The molecule has 2 N–H and O–H groups in total. The van der Waals surface area contributed by atoms with Crippen molar-refractivity contribution in [2.24, 2.45) is 7.05 Å². The molecule has 1 saturated heterocycles. The van der Waals surface area contributed by atoms with Gasteiger partial charge in [-0.05, 0) is 0 Å². The van der Waals surface area contributed by atoms with Crippen molar-refractivity contribution < 1.29 is 23.5 Å². The van der Waals surface area contributed by atoms with Gasteiger partial charge >= 0.3 is 0 Å². The van der Waals surface area contributed by atoms with Gasteiger partial charge in [0, 0.05) is 25.1 Å². The fraction of sp³-hybridized carbons (Fsp3) is 0.571. The Hall–Kier alpha value is -2.07. The van der Waals surface area contributed by atoms with Crippen molar-refractivity contribution in [1.82, 2.24) is 20.0 Å². The summed E-state index contributed by atoms with van der Waals surface area (Å²) in [5.41, 5.74) is -2.64. The van der Waals surface area contributed by atoms with Crippen molar-refractivity contribution in [3.05, 3.63) is 26.6 Å². The predicted octanol–water partition coefficient (Wildman–Crippen LogP) is -0.549. The van der Waals surface area contributed by atoms with Crippen LogP contribution in [0.2, 0.25) is 5.15 Å². The molecule has 0 saturated carbocycles. The van der Waals surface area contributed by atoms with Crippen LogP contribution >= 0.6 is 11.6 Å². The van der Waals surface area contributed by atoms with Crippen LogP contribution in [0.5, 0.6) is 0 Å². The summed E-state index contributed by atoms with van der Waals surface area (Å²) in [5.74, 6) is -1.21. The summed E-state index contributed by atoms with van der Waals surface area (Å²) in [6.45, 7) is -0.00252. The van der Waals surface area contributed by atoms with Gasteiger partial charge in [0.25, 0.3) is 12.0 Å². The molecular formula is C14H17ClF2N4O4. The number of carbonyl (C=O) groups excluding carboxylic acids is 2. The summed E-state index contributed by atoms with van der Waals surface area (Å²) >= 11 is 5.84. The van der Waals surface area contributed by atoms with E-state index in [4.69, 9.17) is 11.6 Å². The Labute approximate surface area is 146 Å². The smallest absolute Gasteiger partial charge is 0.270 e. The molecule has 1 fully saturated rings. The number of likely N-dealkylation sites (tertiary alicyclic amines) is 1. The average Bonchev–Trinajstić information content (AvgIpc) is 2.47. The molecule has 0 atom stereocenters. The van der Waals surface area contributed by atoms with Gasteiger partial charge < -0.3 is 15.3 Å². The van der Waals surface area contributed by atoms with Crippen molar-refractivity contribution in [2.75, 3.05) is 13.1 Å². The minimum absolute atomic E-state index is 0.0232. The van der Waals surface area contributed by atoms with E-state index in [-0.39, 0.29) is 35.3 Å². The number of alkyl halides is 2. The van der Waals surface area contributed by atoms with Crippen molar-refractivity contribution >= 4 is 23.4 Å². The van der Waals surface area contributed by atoms with E-state index in [1.54, 1.807) is 0 Å². The Morgan fingerprint density at radius 1 is 1.40 bits per heavy atom. The lowest BCUT2D eigenvalue weighted by Crippen LogP contribution is -2.74. The van der Waals surface area contributed by atoms with Crippen LogP contribution in [0.4, 0.5) is 8.78 Å². The summed E-state index contributed by atoms with van der Waals surface area (Å²) in [6.07, 6.45) is -3.42. The molecule has 11 heteroatoms. The second kappa shape index (κ2) is 7.04. The number of nitrogens with one attached hydrogen (secondary N) is 1. The van der Waals surface area contributed by atoms with Crippen LogP contribution in [0.25, 0.3) is 0 Å². The summed E-state index contributed by atoms with van der Waals surface area (Å²) in [4.78, 5) is 36.7. The van der Waals surface area contributed by atoms with Crippen molar-refractivity contribution in [2.45, 2.75) is 31.9 Å². The third-order valence-corrected chi connectivity index (χ3v) is 4.40. The molecule has 25 heavy (non-hydrogen) atoms. The van der Waals surface area contributed by atoms with Gasteiger partial charge in [-0.1, -0.05) is 11.6 Å². The number of aromatic nitrogens is 2. The van der Waals surface area contributed by atoms with Gasteiger partial charge in [-0.2, -0.15) is 5.10 Å². The minimum atomic E-state index is -2.88. The molecule has 0 bridgehead atoms. The summed E-state index contributed by atoms with van der Waals surface area (Å²) in [5, 5.41) is 15.1. The van der Waals surface area contributed by atoms with Crippen LogP contribution in [0, 0.1) is 0 Å². The van der Waals surface area contributed by atoms with Crippen molar-refractivity contribution in [3.8, 4) is 0 Å². The minimum Gasteiger partial charge on any atom is -0.392 e. The number of rotatable bonds is 5. The van der Waals surface area contributed by atoms with Crippen LogP contribution in [0.15, 0.2) is 4.79 Å². The van der Waals surface area contributed by atoms with Gasteiger partial charge in [0.05, 0.1) is 26.1 Å². The normalized spacial score (nSPS) is 15.9. The first-order valence-electron chi connectivity index (χ1n) is 7.31. The van der Waals surface area contributed by atoms with Crippen molar-refractivity contribution in [3.63, 3.8) is 0 Å². The number of aliphatic hydroxyl groups is 1. The number of aliphatic hydroxyl groups excluding tert-OH is 1. The topological polar surface area (TPSA) is 105 Å². The van der Waals surface area contributed by atoms with Crippen LogP contribution in [0.3, 0.4) is 0 Å². The molecule has 0 radical (unpaired) electrons. The van der Waals surface area contributed by atoms with Gasteiger partial charge in [0.15, 0.2) is 5.15 Å². The van der Waals surface area contributed by atoms with E-state index in [0.29, 0.717) is 0 Å². The third-order valence-electron chi connectivity index (χ3n) is 4.10. The quantitative estimate of drug-likeness (QED) is 0.715. The van der Waals surface area contributed by atoms with Crippen LogP contribution in [-0.4, -0.2) is 56.7 Å². The summed E-state index contributed by atoms with van der Waals surface area (Å²) in [7, 11) is 1.31. The highest BCUT2D eigenvalue weighted by Crippen LogP contribution is 2.28. The molecule has 1 aromatic rings. The number of nitrogens with zero attached hydrogens (tertiary/aromatic N) is 3. The molecule has 0 aromatic carbocycles. The highest BCUT2D eigenvalue weighted by atomic mass is 35.5. The zero-order chi connectivity index (χ0) is 18.9. The maximum absolute atomic E-state index is 13.3. The molecule has 2 heterocycles. The van der Waals surface area contributed by atoms with Gasteiger partial charge in [-0.3, -0.25) is 14.4 Å². The lowest BCUT2D eigenvalue weighted by molar-refractivity contribution is -0.149. The molecule has 0 spiro atoms. The number of halogens is 3. The number of hydrogen-bond donors (Lipinski definition) is 2. The van der Waals surface area contributed by atoms with Crippen LogP contribution in [-0.2, 0) is 29.7 Å². The molecule has 0 aliphatic carbocycles. The fourth-order valence-electron chi connectivity index (χ4n) is 2.64. The highest BCUT2D eigenvalue weighted by molar-refractivity contribution is 6.30. The molecular weight excluding hydrogens is 362 g/mol. The third kappa shape index (κ3) is 3.64. The Morgan fingerprint density at radius 3 is 2.48 bits per heavy atom. The van der Waals surface area contributed by atoms with E-state index < -0.39 is 36.5 Å². The Balaban J connectivity index is 2.21. The molecule has 1 aliphatic heterocycles. The van der Waals surface area contributed by atoms with E-state index in [1.165, 1.54) is 18.9 Å². The largest absolute Gasteiger partial charge is 0.392 e. The molecule has 2 rings (SSSR count). The second-order valence-corrected chi connectivity index (χ2v) is 6.25. The first kappa shape index (κ1) is 19.3. The van der Waals surface area contributed by atoms with Gasteiger partial charge in [-0.25, -0.2) is 13.5 Å². The molecule has 2 amide bonds. The molecule has 138 valence electrons. The molecule has 1 aromatic heterocycles. The molecule has 1 aliphatic rings. The first-order valence-corrected chi connectivity index (χ1v) is 7.69. The molecule has 0 unspecified atom stereocenters. The summed E-state index contributed by atoms with van der Waals surface area (Å²) in [6, 6.07) is 0. The summed E-state index contributed by atoms with van der Waals surface area (Å²) < 4.78 is 27.6. The van der Waals surface area contributed by atoms with Gasteiger partial charge in [0.1, 0.15) is 5.54 Å². The number of hydrogen-bond acceptors (Lipinski definition) is 5. The predicted molar refractivity (Wildman–Crippen MR) is 83.2 cm³/mol. The number of aryl methyl sites for hydroxylation is 1. The monoisotopic (exact) mass is 378 g/mol. The number of carbonyl (C=O) groups is 2. The first-order chi connectivity index (χ1) is 11.6. The Kier molecular flexibility index (Phi) is 5.43. The van der Waals surface area contributed by atoms with E-state index in [0.717, 1.165) is 4.68 Å². The average molecular weight is 379 g/mol. The van der Waals surface area contributed by atoms with Crippen LogP contribution in [0.1, 0.15) is 18.1 Å². The van der Waals surface area contributed by atoms with Gasteiger partial charge in [0.2, 0.25) is 11.8 Å². The maximum atomic E-state index is 13.3. The lowest BCUT2D eigenvalue weighted by atomic mass is 9.89. The lowest BCUT2D eigenvalue weighted by Gasteiger charge is -2.49.